The molecule has 0 radical (unpaired) electrons. The van der Waals surface area contributed by atoms with E-state index in [2.05, 4.69) is 11.0 Å². The number of morpholine rings is 1. The summed E-state index contributed by atoms with van der Waals surface area (Å²) in [4.78, 5) is 34.1. The second kappa shape index (κ2) is 12.6. The van der Waals surface area contributed by atoms with Crippen LogP contribution >= 0.6 is 11.3 Å². The summed E-state index contributed by atoms with van der Waals surface area (Å²) in [7, 11) is 0. The Balaban J connectivity index is 1.48. The molecule has 0 bridgehead atoms. The second-order valence-corrected chi connectivity index (χ2v) is 10.6. The van der Waals surface area contributed by atoms with Crippen LogP contribution < -0.4 is 0 Å². The number of halogens is 1. The molecule has 0 N–H and O–H groups in total. The Bertz CT molecular complexity index is 968. The minimum Gasteiger partial charge on any atom is -0.379 e. The standard InChI is InChI=1S/C27H36FN3O3S/c1-21-10-17-35-25(21)19-31(18-22-6-8-24(28)9-7-22)26(32)20-30(27(33)23-4-2-3-5-23)12-11-29-13-15-34-16-14-29/h6-10,17,23H,2-5,11-16,18-20H2,1H3. The van der Waals surface area contributed by atoms with E-state index in [1.165, 1.54) is 12.1 Å². The minimum absolute atomic E-state index is 0.0255. The molecule has 6 nitrogen and oxygen atoms in total. The molecule has 1 saturated carbocycles. The van der Waals surface area contributed by atoms with Gasteiger partial charge in [-0.15, -0.1) is 11.3 Å². The summed E-state index contributed by atoms with van der Waals surface area (Å²) in [6, 6.07) is 8.34. The van der Waals surface area contributed by atoms with Crippen LogP contribution in [0.4, 0.5) is 4.39 Å². The van der Waals surface area contributed by atoms with E-state index in [0.29, 0.717) is 32.8 Å². The molecule has 190 valence electrons. The molecule has 4 rings (SSSR count). The molecule has 1 aromatic carbocycles. The highest BCUT2D eigenvalue weighted by Crippen LogP contribution is 2.27. The summed E-state index contributed by atoms with van der Waals surface area (Å²) in [5.41, 5.74) is 2.02. The highest BCUT2D eigenvalue weighted by atomic mass is 32.1. The fourth-order valence-corrected chi connectivity index (χ4v) is 5.75. The fourth-order valence-electron chi connectivity index (χ4n) is 4.83. The lowest BCUT2D eigenvalue weighted by atomic mass is 10.1. The van der Waals surface area contributed by atoms with Crippen molar-refractivity contribution in [3.63, 3.8) is 0 Å². The van der Waals surface area contributed by atoms with Crippen LogP contribution in [0.1, 0.15) is 41.7 Å². The predicted octanol–water partition coefficient (Wildman–Crippen LogP) is 4.08. The largest absolute Gasteiger partial charge is 0.379 e. The highest BCUT2D eigenvalue weighted by molar-refractivity contribution is 7.10. The van der Waals surface area contributed by atoms with Gasteiger partial charge in [0.1, 0.15) is 5.82 Å². The highest BCUT2D eigenvalue weighted by Gasteiger charge is 2.30. The lowest BCUT2D eigenvalue weighted by Gasteiger charge is -2.32. The number of hydrogen-bond acceptors (Lipinski definition) is 5. The third-order valence-corrected chi connectivity index (χ3v) is 8.08. The average molecular weight is 502 g/mol. The number of thiophene rings is 1. The molecule has 1 aliphatic carbocycles. The summed E-state index contributed by atoms with van der Waals surface area (Å²) < 4.78 is 18.9. The van der Waals surface area contributed by atoms with E-state index in [0.717, 1.165) is 61.3 Å². The zero-order valence-electron chi connectivity index (χ0n) is 20.6. The van der Waals surface area contributed by atoms with Gasteiger partial charge in [-0.1, -0.05) is 25.0 Å². The molecule has 1 aromatic heterocycles. The van der Waals surface area contributed by atoms with Crippen molar-refractivity contribution in [2.24, 2.45) is 5.92 Å². The van der Waals surface area contributed by atoms with Crippen molar-refractivity contribution in [1.82, 2.24) is 14.7 Å². The maximum Gasteiger partial charge on any atom is 0.242 e. The fraction of sp³-hybridized carbons (Fsp3) is 0.556. The Hall–Kier alpha value is -2.29. The van der Waals surface area contributed by atoms with Gasteiger partial charge in [0, 0.05) is 43.5 Å². The second-order valence-electron chi connectivity index (χ2n) is 9.60. The molecular formula is C27H36FN3O3S. The topological polar surface area (TPSA) is 53.1 Å². The van der Waals surface area contributed by atoms with Gasteiger partial charge in [0.2, 0.25) is 11.8 Å². The number of hydrogen-bond donors (Lipinski definition) is 0. The molecule has 1 saturated heterocycles. The number of rotatable bonds is 10. The van der Waals surface area contributed by atoms with E-state index in [1.807, 2.05) is 12.3 Å². The van der Waals surface area contributed by atoms with Crippen LogP contribution in [0.5, 0.6) is 0 Å². The zero-order chi connectivity index (χ0) is 24.6. The molecule has 2 heterocycles. The third-order valence-electron chi connectivity index (χ3n) is 7.07. The van der Waals surface area contributed by atoms with E-state index >= 15 is 0 Å². The molecule has 1 aliphatic heterocycles. The van der Waals surface area contributed by atoms with Crippen molar-refractivity contribution in [1.29, 1.82) is 0 Å². The summed E-state index contributed by atoms with van der Waals surface area (Å²) in [6.07, 6.45) is 3.98. The minimum atomic E-state index is -0.294. The number of carbonyl (C=O) groups excluding carboxylic acids is 2. The number of aryl methyl sites for hydroxylation is 1. The quantitative estimate of drug-likeness (QED) is 0.493. The van der Waals surface area contributed by atoms with Crippen molar-refractivity contribution < 1.29 is 18.7 Å². The maximum atomic E-state index is 13.7. The molecule has 0 unspecified atom stereocenters. The number of carbonyl (C=O) groups is 2. The van der Waals surface area contributed by atoms with Crippen LogP contribution in [0.3, 0.4) is 0 Å². The Kier molecular flexibility index (Phi) is 9.29. The van der Waals surface area contributed by atoms with Gasteiger partial charge in [0.05, 0.1) is 26.3 Å². The molecule has 0 atom stereocenters. The van der Waals surface area contributed by atoms with Crippen LogP contribution in [0.15, 0.2) is 35.7 Å². The lowest BCUT2D eigenvalue weighted by molar-refractivity contribution is -0.143. The van der Waals surface area contributed by atoms with E-state index in [9.17, 15) is 14.0 Å². The number of amides is 2. The third kappa shape index (κ3) is 7.35. The SMILES string of the molecule is Cc1ccsc1CN(Cc1ccc(F)cc1)C(=O)CN(CCN1CCOCC1)C(=O)C1CCCC1. The van der Waals surface area contributed by atoms with Gasteiger partial charge in [-0.25, -0.2) is 4.39 Å². The molecular weight excluding hydrogens is 465 g/mol. The number of nitrogens with zero attached hydrogens (tertiary/aromatic N) is 3. The van der Waals surface area contributed by atoms with E-state index in [4.69, 9.17) is 4.74 Å². The first-order valence-electron chi connectivity index (χ1n) is 12.6. The smallest absolute Gasteiger partial charge is 0.242 e. The van der Waals surface area contributed by atoms with E-state index in [-0.39, 0.29) is 30.1 Å². The Morgan fingerprint density at radius 2 is 1.77 bits per heavy atom. The van der Waals surface area contributed by atoms with Gasteiger partial charge >= 0.3 is 0 Å². The predicted molar refractivity (Wildman–Crippen MR) is 136 cm³/mol. The van der Waals surface area contributed by atoms with E-state index in [1.54, 1.807) is 33.3 Å². The Morgan fingerprint density at radius 3 is 2.43 bits per heavy atom. The van der Waals surface area contributed by atoms with Crippen LogP contribution in [-0.2, 0) is 27.4 Å². The Morgan fingerprint density at radius 1 is 1.06 bits per heavy atom. The first-order chi connectivity index (χ1) is 17.0. The van der Waals surface area contributed by atoms with Crippen molar-refractivity contribution in [2.45, 2.75) is 45.7 Å². The van der Waals surface area contributed by atoms with Crippen molar-refractivity contribution >= 4 is 23.2 Å². The summed E-state index contributed by atoms with van der Waals surface area (Å²) in [5, 5.41) is 2.03. The number of benzene rings is 1. The number of ether oxygens (including phenoxy) is 1. The van der Waals surface area contributed by atoms with Gasteiger partial charge in [0.25, 0.3) is 0 Å². The van der Waals surface area contributed by atoms with Gasteiger partial charge in [-0.05, 0) is 54.5 Å². The normalized spacial score (nSPS) is 17.0. The first kappa shape index (κ1) is 25.8. The summed E-state index contributed by atoms with van der Waals surface area (Å²) in [5.74, 6) is -0.233. The van der Waals surface area contributed by atoms with Gasteiger partial charge in [-0.2, -0.15) is 0 Å². The summed E-state index contributed by atoms with van der Waals surface area (Å²) in [6.45, 7) is 7.40. The van der Waals surface area contributed by atoms with Crippen LogP contribution in [0, 0.1) is 18.7 Å². The molecule has 2 aliphatic rings. The average Bonchev–Trinajstić information content (AvgIpc) is 3.55. The van der Waals surface area contributed by atoms with Gasteiger partial charge in [-0.3, -0.25) is 14.5 Å². The van der Waals surface area contributed by atoms with Crippen molar-refractivity contribution in [3.05, 3.63) is 57.5 Å². The molecule has 8 heteroatoms. The lowest BCUT2D eigenvalue weighted by Crippen LogP contribution is -2.48. The molecule has 35 heavy (non-hydrogen) atoms. The van der Waals surface area contributed by atoms with Gasteiger partial charge in [0.15, 0.2) is 0 Å². The maximum absolute atomic E-state index is 13.7. The van der Waals surface area contributed by atoms with E-state index < -0.39 is 0 Å². The van der Waals surface area contributed by atoms with Gasteiger partial charge < -0.3 is 14.5 Å². The van der Waals surface area contributed by atoms with Crippen molar-refractivity contribution in [2.75, 3.05) is 45.9 Å². The molecule has 2 amide bonds. The molecule has 0 spiro atoms. The van der Waals surface area contributed by atoms with Crippen molar-refractivity contribution in [3.8, 4) is 0 Å². The van der Waals surface area contributed by atoms with Crippen LogP contribution in [0.25, 0.3) is 0 Å². The van der Waals surface area contributed by atoms with Crippen LogP contribution in [0.2, 0.25) is 0 Å². The zero-order valence-corrected chi connectivity index (χ0v) is 21.4. The molecule has 2 fully saturated rings. The molecule has 2 aromatic rings. The van der Waals surface area contributed by atoms with Crippen LogP contribution in [-0.4, -0.2) is 72.5 Å². The monoisotopic (exact) mass is 501 g/mol. The summed E-state index contributed by atoms with van der Waals surface area (Å²) >= 11 is 1.63. The Labute approximate surface area is 211 Å². The first-order valence-corrected chi connectivity index (χ1v) is 13.5.